The van der Waals surface area contributed by atoms with Gasteiger partial charge in [0.25, 0.3) is 0 Å². The smallest absolute Gasteiger partial charge is 0.302 e. The molecule has 0 saturated carbocycles. The summed E-state index contributed by atoms with van der Waals surface area (Å²) in [5.74, 6) is -0.387. The Labute approximate surface area is 118 Å². The second-order valence-corrected chi connectivity index (χ2v) is 4.55. The number of ether oxygens (including phenoxy) is 1. The van der Waals surface area contributed by atoms with E-state index < -0.39 is 0 Å². The van der Waals surface area contributed by atoms with E-state index in [1.165, 1.54) is 6.92 Å². The van der Waals surface area contributed by atoms with Gasteiger partial charge in [0, 0.05) is 12.3 Å². The van der Waals surface area contributed by atoms with Crippen molar-refractivity contribution in [1.82, 2.24) is 9.78 Å². The van der Waals surface area contributed by atoms with Crippen LogP contribution in [-0.2, 0) is 16.1 Å². The molecule has 0 spiro atoms. The third kappa shape index (κ3) is 3.01. The molecule has 19 heavy (non-hydrogen) atoms. The molecule has 0 amide bonds. The average molecular weight is 325 g/mol. The maximum Gasteiger partial charge on any atom is 0.302 e. The van der Waals surface area contributed by atoms with Crippen LogP contribution in [0.3, 0.4) is 0 Å². The Kier molecular flexibility index (Phi) is 4.31. The highest BCUT2D eigenvalue weighted by Gasteiger charge is 2.17. The summed E-state index contributed by atoms with van der Waals surface area (Å²) >= 11 is 3.17. The molecule has 1 aromatic heterocycles. The minimum Gasteiger partial charge on any atom is -0.464 e. The van der Waals surface area contributed by atoms with E-state index >= 15 is 0 Å². The molecule has 6 heteroatoms. The Balaban J connectivity index is 2.35. The second kappa shape index (κ2) is 5.97. The van der Waals surface area contributed by atoms with E-state index in [9.17, 15) is 9.59 Å². The van der Waals surface area contributed by atoms with E-state index in [0.29, 0.717) is 12.2 Å². The number of benzene rings is 1. The van der Waals surface area contributed by atoms with Crippen LogP contribution < -0.4 is 0 Å². The maximum atomic E-state index is 12.0. The molecule has 1 aromatic carbocycles. The third-order valence-electron chi connectivity index (χ3n) is 2.64. The SMILES string of the molecule is CC(=O)OCCn1nc2ccccc2c1C(=O)CBr. The maximum absolute atomic E-state index is 12.0. The van der Waals surface area contributed by atoms with E-state index in [-0.39, 0.29) is 23.7 Å². The van der Waals surface area contributed by atoms with Crippen molar-refractivity contribution in [3.05, 3.63) is 30.0 Å². The first kappa shape index (κ1) is 13.7. The molecule has 0 aliphatic carbocycles. The van der Waals surface area contributed by atoms with Crippen molar-refractivity contribution in [2.75, 3.05) is 11.9 Å². The van der Waals surface area contributed by atoms with Crippen LogP contribution in [0.25, 0.3) is 10.9 Å². The number of halogens is 1. The summed E-state index contributed by atoms with van der Waals surface area (Å²) in [6.45, 7) is 1.92. The van der Waals surface area contributed by atoms with Gasteiger partial charge in [-0.25, -0.2) is 0 Å². The number of hydrogen-bond donors (Lipinski definition) is 0. The van der Waals surface area contributed by atoms with Crippen molar-refractivity contribution in [3.8, 4) is 0 Å². The van der Waals surface area contributed by atoms with Crippen molar-refractivity contribution >= 4 is 38.6 Å². The molecule has 0 atom stereocenters. The zero-order valence-corrected chi connectivity index (χ0v) is 12.0. The molecule has 5 nitrogen and oxygen atoms in total. The van der Waals surface area contributed by atoms with Gasteiger partial charge < -0.3 is 4.74 Å². The number of fused-ring (bicyclic) bond motifs is 1. The van der Waals surface area contributed by atoms with Crippen molar-refractivity contribution < 1.29 is 14.3 Å². The average Bonchev–Trinajstić information content (AvgIpc) is 2.75. The second-order valence-electron chi connectivity index (χ2n) is 3.99. The number of Topliss-reactive ketones (excluding diaryl/α,β-unsaturated/α-hetero) is 1. The van der Waals surface area contributed by atoms with Crippen molar-refractivity contribution in [2.24, 2.45) is 0 Å². The van der Waals surface area contributed by atoms with E-state index in [4.69, 9.17) is 4.74 Å². The fraction of sp³-hybridized carbons (Fsp3) is 0.308. The number of alkyl halides is 1. The lowest BCUT2D eigenvalue weighted by Crippen LogP contribution is -2.16. The summed E-state index contributed by atoms with van der Waals surface area (Å²) in [7, 11) is 0. The molecular weight excluding hydrogens is 312 g/mol. The molecule has 0 aliphatic rings. The zero-order valence-electron chi connectivity index (χ0n) is 10.4. The molecule has 100 valence electrons. The predicted octanol–water partition coefficient (Wildman–Crippen LogP) is 2.18. The minimum atomic E-state index is -0.343. The van der Waals surface area contributed by atoms with Crippen molar-refractivity contribution in [2.45, 2.75) is 13.5 Å². The highest BCUT2D eigenvalue weighted by atomic mass is 79.9. The van der Waals surface area contributed by atoms with E-state index in [2.05, 4.69) is 21.0 Å². The van der Waals surface area contributed by atoms with Crippen LogP contribution in [0.5, 0.6) is 0 Å². The van der Waals surface area contributed by atoms with Gasteiger partial charge >= 0.3 is 5.97 Å². The van der Waals surface area contributed by atoms with Crippen LogP contribution in [0.2, 0.25) is 0 Å². The van der Waals surface area contributed by atoms with Gasteiger partial charge in [0.2, 0.25) is 0 Å². The normalized spacial score (nSPS) is 10.6. The molecule has 0 aliphatic heterocycles. The van der Waals surface area contributed by atoms with Crippen LogP contribution in [0.4, 0.5) is 0 Å². The fourth-order valence-corrected chi connectivity index (χ4v) is 2.14. The Hall–Kier alpha value is -1.69. The molecule has 0 radical (unpaired) electrons. The number of carbonyl (C=O) groups is 2. The summed E-state index contributed by atoms with van der Waals surface area (Å²) in [5.41, 5.74) is 1.30. The van der Waals surface area contributed by atoms with Gasteiger partial charge in [-0.05, 0) is 6.07 Å². The van der Waals surface area contributed by atoms with Crippen LogP contribution in [0, 0.1) is 0 Å². The highest BCUT2D eigenvalue weighted by molar-refractivity contribution is 9.09. The lowest BCUT2D eigenvalue weighted by molar-refractivity contribution is -0.141. The van der Waals surface area contributed by atoms with Gasteiger partial charge in [0.05, 0.1) is 17.4 Å². The van der Waals surface area contributed by atoms with Gasteiger partial charge in [-0.3, -0.25) is 14.3 Å². The Morgan fingerprint density at radius 3 is 2.79 bits per heavy atom. The first-order valence-electron chi connectivity index (χ1n) is 5.81. The number of ketones is 1. The molecule has 0 bridgehead atoms. The van der Waals surface area contributed by atoms with Gasteiger partial charge in [-0.2, -0.15) is 5.10 Å². The predicted molar refractivity (Wildman–Crippen MR) is 74.5 cm³/mol. The number of aromatic nitrogens is 2. The molecule has 1 heterocycles. The molecule has 0 unspecified atom stereocenters. The monoisotopic (exact) mass is 324 g/mol. The van der Waals surface area contributed by atoms with Crippen LogP contribution in [-0.4, -0.2) is 33.5 Å². The van der Waals surface area contributed by atoms with Gasteiger partial charge in [-0.1, -0.05) is 34.1 Å². The molecule has 0 N–H and O–H groups in total. The fourth-order valence-electron chi connectivity index (χ4n) is 1.88. The van der Waals surface area contributed by atoms with Crippen LogP contribution in [0.15, 0.2) is 24.3 Å². The van der Waals surface area contributed by atoms with Gasteiger partial charge in [-0.15, -0.1) is 0 Å². The summed E-state index contributed by atoms with van der Waals surface area (Å²) in [6.07, 6.45) is 0. The summed E-state index contributed by atoms with van der Waals surface area (Å²) in [5, 5.41) is 5.41. The highest BCUT2D eigenvalue weighted by Crippen LogP contribution is 2.19. The number of rotatable bonds is 5. The van der Waals surface area contributed by atoms with Crippen molar-refractivity contribution in [3.63, 3.8) is 0 Å². The topological polar surface area (TPSA) is 61.2 Å². The Bertz CT molecular complexity index is 621. The molecular formula is C13H13BrN2O3. The van der Waals surface area contributed by atoms with Crippen LogP contribution >= 0.6 is 15.9 Å². The largest absolute Gasteiger partial charge is 0.464 e. The Morgan fingerprint density at radius 1 is 1.37 bits per heavy atom. The lowest BCUT2D eigenvalue weighted by atomic mass is 10.1. The zero-order chi connectivity index (χ0) is 13.8. The third-order valence-corrected chi connectivity index (χ3v) is 3.15. The lowest BCUT2D eigenvalue weighted by Gasteiger charge is -2.06. The molecule has 0 fully saturated rings. The van der Waals surface area contributed by atoms with Gasteiger partial charge in [0.15, 0.2) is 5.78 Å². The summed E-state index contributed by atoms with van der Waals surface area (Å²) < 4.78 is 6.48. The molecule has 2 aromatic rings. The Morgan fingerprint density at radius 2 is 2.11 bits per heavy atom. The number of carbonyl (C=O) groups excluding carboxylic acids is 2. The van der Waals surface area contributed by atoms with Crippen LogP contribution in [0.1, 0.15) is 17.4 Å². The quantitative estimate of drug-likeness (QED) is 0.480. The van der Waals surface area contributed by atoms with Crippen molar-refractivity contribution in [1.29, 1.82) is 0 Å². The number of esters is 1. The van der Waals surface area contributed by atoms with Gasteiger partial charge in [0.1, 0.15) is 12.3 Å². The molecule has 2 rings (SSSR count). The van der Waals surface area contributed by atoms with E-state index in [1.54, 1.807) is 4.68 Å². The molecule has 0 saturated heterocycles. The van der Waals surface area contributed by atoms with E-state index in [1.807, 2.05) is 24.3 Å². The first-order valence-corrected chi connectivity index (χ1v) is 6.93. The standard InChI is InChI=1S/C13H13BrN2O3/c1-9(17)19-7-6-16-13(12(18)8-14)10-4-2-3-5-11(10)15-16/h2-5H,6-8H2,1H3. The summed E-state index contributed by atoms with van der Waals surface area (Å²) in [6, 6.07) is 7.45. The number of hydrogen-bond acceptors (Lipinski definition) is 4. The summed E-state index contributed by atoms with van der Waals surface area (Å²) in [4.78, 5) is 22.7. The van der Waals surface area contributed by atoms with E-state index in [0.717, 1.165) is 10.9 Å². The number of nitrogens with zero attached hydrogens (tertiary/aromatic N) is 2. The first-order chi connectivity index (χ1) is 9.13. The minimum absolute atomic E-state index is 0.0449.